The van der Waals surface area contributed by atoms with E-state index in [0.717, 1.165) is 43.2 Å². The molecule has 96 valence electrons. The molecule has 1 aliphatic rings. The summed E-state index contributed by atoms with van der Waals surface area (Å²) in [5.74, 6) is 1.33. The monoisotopic (exact) mass is 265 g/mol. The fourth-order valence-corrected chi connectivity index (χ4v) is 2.64. The normalized spacial score (nSPS) is 16.4. The minimum Gasteiger partial charge on any atom is -0.378 e. The number of morpholine rings is 1. The van der Waals surface area contributed by atoms with Crippen molar-refractivity contribution in [2.24, 2.45) is 0 Å². The van der Waals surface area contributed by atoms with Gasteiger partial charge in [0.2, 0.25) is 0 Å². The zero-order valence-electron chi connectivity index (χ0n) is 10.4. The molecule has 0 radical (unpaired) electrons. The van der Waals surface area contributed by atoms with Gasteiger partial charge in [0.05, 0.1) is 43.2 Å². The van der Waals surface area contributed by atoms with E-state index in [1.165, 1.54) is 5.56 Å². The summed E-state index contributed by atoms with van der Waals surface area (Å²) in [4.78, 5) is 4.62. The first-order valence-electron chi connectivity index (χ1n) is 6.17. The number of benzene rings is 1. The van der Waals surface area contributed by atoms with E-state index in [0.29, 0.717) is 5.88 Å². The molecule has 3 rings (SSSR count). The van der Waals surface area contributed by atoms with Crippen LogP contribution >= 0.6 is 11.6 Å². The number of aryl methyl sites for hydroxylation is 1. The third-order valence-corrected chi connectivity index (χ3v) is 3.55. The molecule has 0 aliphatic carbocycles. The van der Waals surface area contributed by atoms with Crippen LogP contribution in [0.15, 0.2) is 18.2 Å². The second kappa shape index (κ2) is 4.78. The molecule has 2 aromatic rings. The zero-order valence-corrected chi connectivity index (χ0v) is 11.2. The van der Waals surface area contributed by atoms with E-state index in [-0.39, 0.29) is 0 Å². The SMILES string of the molecule is Cc1cccc2nc(CCl)n(N3CCOCC3)c12. The van der Waals surface area contributed by atoms with E-state index < -0.39 is 0 Å². The van der Waals surface area contributed by atoms with Crippen LogP contribution < -0.4 is 5.01 Å². The Morgan fingerprint density at radius 2 is 2.11 bits per heavy atom. The van der Waals surface area contributed by atoms with E-state index in [2.05, 4.69) is 27.7 Å². The number of imidazole rings is 1. The highest BCUT2D eigenvalue weighted by Gasteiger charge is 2.19. The van der Waals surface area contributed by atoms with Gasteiger partial charge in [0.1, 0.15) is 5.82 Å². The van der Waals surface area contributed by atoms with Gasteiger partial charge in [-0.3, -0.25) is 0 Å². The van der Waals surface area contributed by atoms with Gasteiger partial charge in [-0.25, -0.2) is 9.66 Å². The van der Waals surface area contributed by atoms with Crippen LogP contribution in [0.2, 0.25) is 0 Å². The van der Waals surface area contributed by atoms with Gasteiger partial charge in [0, 0.05) is 0 Å². The average molecular weight is 266 g/mol. The first-order chi connectivity index (χ1) is 8.81. The Kier molecular flexibility index (Phi) is 3.14. The van der Waals surface area contributed by atoms with Gasteiger partial charge >= 0.3 is 0 Å². The number of para-hydroxylation sites is 1. The fourth-order valence-electron chi connectivity index (χ4n) is 2.47. The first kappa shape index (κ1) is 11.8. The molecule has 0 atom stereocenters. The molecule has 1 aliphatic heterocycles. The third kappa shape index (κ3) is 1.85. The summed E-state index contributed by atoms with van der Waals surface area (Å²) in [6.07, 6.45) is 0. The highest BCUT2D eigenvalue weighted by atomic mass is 35.5. The van der Waals surface area contributed by atoms with Crippen LogP contribution in [0, 0.1) is 6.92 Å². The van der Waals surface area contributed by atoms with Crippen LogP contribution in [0.1, 0.15) is 11.4 Å². The van der Waals surface area contributed by atoms with Gasteiger partial charge in [-0.2, -0.15) is 0 Å². The number of aromatic nitrogens is 2. The number of fused-ring (bicyclic) bond motifs is 1. The number of hydrogen-bond donors (Lipinski definition) is 0. The van der Waals surface area contributed by atoms with Gasteiger partial charge in [-0.05, 0) is 18.6 Å². The Morgan fingerprint density at radius 3 is 2.83 bits per heavy atom. The van der Waals surface area contributed by atoms with Crippen LogP contribution in [0.25, 0.3) is 11.0 Å². The lowest BCUT2D eigenvalue weighted by molar-refractivity contribution is 0.111. The smallest absolute Gasteiger partial charge is 0.143 e. The van der Waals surface area contributed by atoms with Gasteiger partial charge < -0.3 is 9.75 Å². The molecule has 0 saturated carbocycles. The Hall–Kier alpha value is -1.26. The van der Waals surface area contributed by atoms with Gasteiger partial charge in [-0.15, -0.1) is 11.6 Å². The zero-order chi connectivity index (χ0) is 12.5. The van der Waals surface area contributed by atoms with E-state index in [1.54, 1.807) is 0 Å². The molecule has 0 N–H and O–H groups in total. The first-order valence-corrected chi connectivity index (χ1v) is 6.70. The molecule has 1 saturated heterocycles. The highest BCUT2D eigenvalue weighted by Crippen LogP contribution is 2.22. The van der Waals surface area contributed by atoms with Crippen molar-refractivity contribution in [3.05, 3.63) is 29.6 Å². The van der Waals surface area contributed by atoms with Crippen LogP contribution in [0.4, 0.5) is 0 Å². The molecule has 0 spiro atoms. The lowest BCUT2D eigenvalue weighted by Crippen LogP contribution is -2.44. The number of hydrogen-bond acceptors (Lipinski definition) is 3. The lowest BCUT2D eigenvalue weighted by atomic mass is 10.2. The molecule has 0 unspecified atom stereocenters. The fraction of sp³-hybridized carbons (Fsp3) is 0.462. The standard InChI is InChI=1S/C13H16ClN3O/c1-10-3-2-4-11-13(10)17(12(9-14)15-11)16-5-7-18-8-6-16/h2-4H,5-9H2,1H3. The summed E-state index contributed by atoms with van der Waals surface area (Å²) in [5.41, 5.74) is 3.40. The minimum absolute atomic E-state index is 0.422. The Morgan fingerprint density at radius 1 is 1.33 bits per heavy atom. The molecule has 1 aromatic carbocycles. The van der Waals surface area contributed by atoms with Crippen molar-refractivity contribution in [3.63, 3.8) is 0 Å². The molecule has 2 heterocycles. The number of ether oxygens (including phenoxy) is 1. The number of nitrogens with zero attached hydrogens (tertiary/aromatic N) is 3. The van der Waals surface area contributed by atoms with Crippen molar-refractivity contribution >= 4 is 22.6 Å². The van der Waals surface area contributed by atoms with Gasteiger partial charge in [0.15, 0.2) is 0 Å². The predicted molar refractivity (Wildman–Crippen MR) is 72.8 cm³/mol. The second-order valence-electron chi connectivity index (χ2n) is 4.48. The van der Waals surface area contributed by atoms with Crippen molar-refractivity contribution < 1.29 is 4.74 Å². The van der Waals surface area contributed by atoms with Crippen molar-refractivity contribution in [1.82, 2.24) is 9.66 Å². The third-order valence-electron chi connectivity index (χ3n) is 3.31. The number of rotatable bonds is 2. The van der Waals surface area contributed by atoms with E-state index in [4.69, 9.17) is 16.3 Å². The summed E-state index contributed by atoms with van der Waals surface area (Å²) in [6, 6.07) is 6.18. The van der Waals surface area contributed by atoms with Gasteiger partial charge in [-0.1, -0.05) is 12.1 Å². The summed E-state index contributed by atoms with van der Waals surface area (Å²) in [5, 5.41) is 2.27. The molecule has 1 aromatic heterocycles. The van der Waals surface area contributed by atoms with Gasteiger partial charge in [0.25, 0.3) is 0 Å². The predicted octanol–water partition coefficient (Wildman–Crippen LogP) is 2.05. The summed E-state index contributed by atoms with van der Waals surface area (Å²) in [6.45, 7) is 5.38. The maximum absolute atomic E-state index is 6.03. The second-order valence-corrected chi connectivity index (χ2v) is 4.75. The number of halogens is 1. The largest absolute Gasteiger partial charge is 0.378 e. The molecular formula is C13H16ClN3O. The summed E-state index contributed by atoms with van der Waals surface area (Å²) in [7, 11) is 0. The molecule has 4 nitrogen and oxygen atoms in total. The van der Waals surface area contributed by atoms with Crippen molar-refractivity contribution in [2.45, 2.75) is 12.8 Å². The topological polar surface area (TPSA) is 30.3 Å². The summed E-state index contributed by atoms with van der Waals surface area (Å²) < 4.78 is 7.57. The molecule has 0 bridgehead atoms. The molecule has 1 fully saturated rings. The van der Waals surface area contributed by atoms with Crippen LogP contribution in [0.5, 0.6) is 0 Å². The summed E-state index contributed by atoms with van der Waals surface area (Å²) >= 11 is 6.03. The van der Waals surface area contributed by atoms with Crippen molar-refractivity contribution in [2.75, 3.05) is 31.3 Å². The maximum atomic E-state index is 6.03. The quantitative estimate of drug-likeness (QED) is 0.779. The van der Waals surface area contributed by atoms with Crippen LogP contribution in [-0.2, 0) is 10.6 Å². The van der Waals surface area contributed by atoms with Crippen LogP contribution in [-0.4, -0.2) is 36.0 Å². The Labute approximate surface area is 111 Å². The number of alkyl halides is 1. The molecule has 18 heavy (non-hydrogen) atoms. The molecule has 5 heteroatoms. The average Bonchev–Trinajstić information content (AvgIpc) is 2.79. The highest BCUT2D eigenvalue weighted by molar-refractivity contribution is 6.16. The van der Waals surface area contributed by atoms with E-state index >= 15 is 0 Å². The van der Waals surface area contributed by atoms with Crippen molar-refractivity contribution in [3.8, 4) is 0 Å². The van der Waals surface area contributed by atoms with E-state index in [1.807, 2.05) is 12.1 Å². The van der Waals surface area contributed by atoms with Crippen molar-refractivity contribution in [1.29, 1.82) is 0 Å². The molecular weight excluding hydrogens is 250 g/mol. The maximum Gasteiger partial charge on any atom is 0.143 e. The lowest BCUT2D eigenvalue weighted by Gasteiger charge is -2.31. The Bertz CT molecular complexity index is 561. The Balaban J connectivity index is 2.17. The molecule has 0 amide bonds. The minimum atomic E-state index is 0.422. The van der Waals surface area contributed by atoms with E-state index in [9.17, 15) is 0 Å². The van der Waals surface area contributed by atoms with Crippen LogP contribution in [0.3, 0.4) is 0 Å².